The molecule has 0 radical (unpaired) electrons. The SMILES string of the molecule is Cc1ccc(C(=O)N2CCN([C@@H](C(=O)NCc3ccccc3F)C3CCCC3)CC2)cc1. The van der Waals surface area contributed by atoms with Gasteiger partial charge < -0.3 is 10.2 Å². The van der Waals surface area contributed by atoms with Crippen molar-refractivity contribution in [3.8, 4) is 0 Å². The van der Waals surface area contributed by atoms with Gasteiger partial charge in [0, 0.05) is 43.9 Å². The summed E-state index contributed by atoms with van der Waals surface area (Å²) >= 11 is 0. The minimum absolute atomic E-state index is 0.0292. The Balaban J connectivity index is 1.39. The molecule has 32 heavy (non-hydrogen) atoms. The van der Waals surface area contributed by atoms with Crippen LogP contribution >= 0.6 is 0 Å². The molecule has 2 aromatic rings. The number of carbonyl (C=O) groups is 2. The van der Waals surface area contributed by atoms with E-state index in [1.807, 2.05) is 36.1 Å². The van der Waals surface area contributed by atoms with Crippen LogP contribution in [0.15, 0.2) is 48.5 Å². The zero-order valence-corrected chi connectivity index (χ0v) is 18.7. The molecule has 1 saturated heterocycles. The molecule has 6 heteroatoms. The number of aryl methyl sites for hydroxylation is 1. The first-order chi connectivity index (χ1) is 15.5. The number of nitrogens with zero attached hydrogens (tertiary/aromatic N) is 2. The van der Waals surface area contributed by atoms with Crippen LogP contribution in [0.4, 0.5) is 4.39 Å². The molecular weight excluding hydrogens is 405 g/mol. The summed E-state index contributed by atoms with van der Waals surface area (Å²) in [5, 5.41) is 2.98. The fourth-order valence-electron chi connectivity index (χ4n) is 4.96. The van der Waals surface area contributed by atoms with E-state index in [-0.39, 0.29) is 30.2 Å². The van der Waals surface area contributed by atoms with Gasteiger partial charge >= 0.3 is 0 Å². The van der Waals surface area contributed by atoms with Crippen LogP contribution in [0.2, 0.25) is 0 Å². The van der Waals surface area contributed by atoms with Gasteiger partial charge in [-0.2, -0.15) is 0 Å². The lowest BCUT2D eigenvalue weighted by atomic mass is 9.94. The third-order valence-corrected chi connectivity index (χ3v) is 6.82. The first-order valence-electron chi connectivity index (χ1n) is 11.6. The average molecular weight is 438 g/mol. The summed E-state index contributed by atoms with van der Waals surface area (Å²) in [7, 11) is 0. The number of hydrogen-bond acceptors (Lipinski definition) is 3. The van der Waals surface area contributed by atoms with Crippen LogP contribution in [0.25, 0.3) is 0 Å². The summed E-state index contributed by atoms with van der Waals surface area (Å²) in [4.78, 5) is 30.2. The second kappa shape index (κ2) is 10.3. The Labute approximate surface area is 189 Å². The highest BCUT2D eigenvalue weighted by Crippen LogP contribution is 2.31. The van der Waals surface area contributed by atoms with Gasteiger partial charge in [-0.25, -0.2) is 4.39 Å². The molecule has 1 heterocycles. The Morgan fingerprint density at radius 1 is 1.00 bits per heavy atom. The number of nitrogens with one attached hydrogen (secondary N) is 1. The lowest BCUT2D eigenvalue weighted by Gasteiger charge is -2.40. The molecule has 170 valence electrons. The quantitative estimate of drug-likeness (QED) is 0.749. The molecule has 1 aliphatic heterocycles. The molecule has 1 aliphatic carbocycles. The minimum Gasteiger partial charge on any atom is -0.351 e. The summed E-state index contributed by atoms with van der Waals surface area (Å²) in [5.41, 5.74) is 2.34. The molecular formula is C26H32FN3O2. The second-order valence-electron chi connectivity index (χ2n) is 8.99. The van der Waals surface area contributed by atoms with Crippen LogP contribution in [0.5, 0.6) is 0 Å². The molecule has 1 atom stereocenters. The van der Waals surface area contributed by atoms with Crippen LogP contribution in [-0.4, -0.2) is 53.8 Å². The van der Waals surface area contributed by atoms with Crippen molar-refractivity contribution in [3.63, 3.8) is 0 Å². The van der Waals surface area contributed by atoms with Gasteiger partial charge in [0.1, 0.15) is 5.82 Å². The van der Waals surface area contributed by atoms with Crippen molar-refractivity contribution < 1.29 is 14.0 Å². The highest BCUT2D eigenvalue weighted by Gasteiger charge is 2.37. The smallest absolute Gasteiger partial charge is 0.253 e. The minimum atomic E-state index is -0.298. The topological polar surface area (TPSA) is 52.7 Å². The molecule has 2 aliphatic rings. The Morgan fingerprint density at radius 3 is 2.31 bits per heavy atom. The monoisotopic (exact) mass is 437 g/mol. The van der Waals surface area contributed by atoms with Crippen LogP contribution in [-0.2, 0) is 11.3 Å². The van der Waals surface area contributed by atoms with Crippen molar-refractivity contribution in [2.45, 2.75) is 45.2 Å². The van der Waals surface area contributed by atoms with Crippen molar-refractivity contribution in [2.75, 3.05) is 26.2 Å². The number of piperazine rings is 1. The van der Waals surface area contributed by atoms with E-state index in [1.165, 1.54) is 6.07 Å². The lowest BCUT2D eigenvalue weighted by molar-refractivity contribution is -0.129. The molecule has 0 spiro atoms. The second-order valence-corrected chi connectivity index (χ2v) is 8.99. The highest BCUT2D eigenvalue weighted by molar-refractivity contribution is 5.94. The van der Waals surface area contributed by atoms with E-state index in [4.69, 9.17) is 0 Å². The Hall–Kier alpha value is -2.73. The van der Waals surface area contributed by atoms with E-state index in [0.717, 1.165) is 31.2 Å². The van der Waals surface area contributed by atoms with Crippen molar-refractivity contribution in [1.29, 1.82) is 0 Å². The van der Waals surface area contributed by atoms with Crippen LogP contribution in [0.3, 0.4) is 0 Å². The van der Waals surface area contributed by atoms with Crippen molar-refractivity contribution >= 4 is 11.8 Å². The van der Waals surface area contributed by atoms with E-state index >= 15 is 0 Å². The Kier molecular flexibility index (Phi) is 7.20. The molecule has 2 aromatic carbocycles. The molecule has 1 saturated carbocycles. The van der Waals surface area contributed by atoms with Gasteiger partial charge in [0.05, 0.1) is 6.04 Å². The maximum atomic E-state index is 14.0. The maximum absolute atomic E-state index is 14.0. The average Bonchev–Trinajstić information content (AvgIpc) is 3.33. The normalized spacial score (nSPS) is 18.5. The summed E-state index contributed by atoms with van der Waals surface area (Å²) in [6.07, 6.45) is 4.38. The zero-order valence-electron chi connectivity index (χ0n) is 18.7. The number of carbonyl (C=O) groups excluding carboxylic acids is 2. The van der Waals surface area contributed by atoms with Gasteiger partial charge in [-0.1, -0.05) is 48.7 Å². The molecule has 1 N–H and O–H groups in total. The van der Waals surface area contributed by atoms with E-state index in [1.54, 1.807) is 18.2 Å². The third-order valence-electron chi connectivity index (χ3n) is 6.82. The molecule has 2 amide bonds. The molecule has 0 aromatic heterocycles. The van der Waals surface area contributed by atoms with Crippen molar-refractivity contribution in [3.05, 3.63) is 71.0 Å². The third kappa shape index (κ3) is 5.18. The Morgan fingerprint density at radius 2 is 1.66 bits per heavy atom. The number of amides is 2. The highest BCUT2D eigenvalue weighted by atomic mass is 19.1. The first-order valence-corrected chi connectivity index (χ1v) is 11.6. The van der Waals surface area contributed by atoms with Gasteiger partial charge in [-0.05, 0) is 43.9 Å². The molecule has 0 bridgehead atoms. The fourth-order valence-corrected chi connectivity index (χ4v) is 4.96. The van der Waals surface area contributed by atoms with E-state index in [9.17, 15) is 14.0 Å². The van der Waals surface area contributed by atoms with Crippen molar-refractivity contribution in [2.24, 2.45) is 5.92 Å². The van der Waals surface area contributed by atoms with E-state index < -0.39 is 0 Å². The standard InChI is InChI=1S/C26H32FN3O2/c1-19-10-12-21(13-11-19)26(32)30-16-14-29(15-17-30)24(20-6-2-3-7-20)25(31)28-18-22-8-4-5-9-23(22)27/h4-5,8-13,20,24H,2-3,6-7,14-18H2,1H3,(H,28,31)/t24-/m1/s1. The van der Waals surface area contributed by atoms with E-state index in [2.05, 4.69) is 10.2 Å². The van der Waals surface area contributed by atoms with Crippen LogP contribution < -0.4 is 5.32 Å². The Bertz CT molecular complexity index is 932. The number of benzene rings is 2. The lowest BCUT2D eigenvalue weighted by Crippen LogP contribution is -2.57. The fraction of sp³-hybridized carbons (Fsp3) is 0.462. The summed E-state index contributed by atoms with van der Waals surface area (Å²) in [6.45, 7) is 4.76. The van der Waals surface area contributed by atoms with E-state index in [0.29, 0.717) is 43.2 Å². The zero-order chi connectivity index (χ0) is 22.5. The summed E-state index contributed by atoms with van der Waals surface area (Å²) in [5.74, 6) is 0.0351. The van der Waals surface area contributed by atoms with Crippen LogP contribution in [0, 0.1) is 18.7 Å². The van der Waals surface area contributed by atoms with Gasteiger partial charge in [0.15, 0.2) is 0 Å². The maximum Gasteiger partial charge on any atom is 0.253 e. The van der Waals surface area contributed by atoms with Gasteiger partial charge in [-0.3, -0.25) is 14.5 Å². The molecule has 5 nitrogen and oxygen atoms in total. The summed E-state index contributed by atoms with van der Waals surface area (Å²) < 4.78 is 14.0. The predicted octanol–water partition coefficient (Wildman–Crippen LogP) is 3.77. The largest absolute Gasteiger partial charge is 0.351 e. The molecule has 4 rings (SSSR count). The predicted molar refractivity (Wildman–Crippen MR) is 123 cm³/mol. The molecule has 2 fully saturated rings. The number of hydrogen-bond donors (Lipinski definition) is 1. The summed E-state index contributed by atoms with van der Waals surface area (Å²) in [6, 6.07) is 14.0. The van der Waals surface area contributed by atoms with Gasteiger partial charge in [0.2, 0.25) is 5.91 Å². The number of rotatable bonds is 6. The van der Waals surface area contributed by atoms with Crippen molar-refractivity contribution in [1.82, 2.24) is 15.1 Å². The van der Waals surface area contributed by atoms with Crippen LogP contribution in [0.1, 0.15) is 47.2 Å². The van der Waals surface area contributed by atoms with Gasteiger partial charge in [0.25, 0.3) is 5.91 Å². The van der Waals surface area contributed by atoms with Gasteiger partial charge in [-0.15, -0.1) is 0 Å². The number of halogens is 1. The molecule has 0 unspecified atom stereocenters. The first kappa shape index (κ1) is 22.5.